The van der Waals surface area contributed by atoms with Gasteiger partial charge in [0.1, 0.15) is 12.6 Å². The zero-order chi connectivity index (χ0) is 28.9. The third-order valence-electron chi connectivity index (χ3n) is 7.22. The number of halogens is 2. The zero-order valence-electron chi connectivity index (χ0n) is 22.5. The number of anilines is 1. The van der Waals surface area contributed by atoms with Gasteiger partial charge in [-0.15, -0.1) is 0 Å². The number of amides is 2. The van der Waals surface area contributed by atoms with Crippen molar-refractivity contribution in [3.63, 3.8) is 0 Å². The van der Waals surface area contributed by atoms with E-state index in [9.17, 15) is 18.0 Å². The minimum Gasteiger partial charge on any atom is -0.352 e. The molecule has 3 aromatic carbocycles. The standard InChI is InChI=1S/C30H33Cl2N3O4S/c1-21-16-17-25(18-28(21)32)35(40(38,39)26-13-4-3-5-14-26)20-29(36)34(19-23-10-6-9-15-27(23)31)22(2)30(37)33-24-11-7-8-12-24/h3-6,9-10,13-18,22,24H,7-8,11-12,19-20H2,1-2H3,(H,33,37)/t22-/m0/s1. The first-order chi connectivity index (χ1) is 19.1. The maximum atomic E-state index is 14.0. The van der Waals surface area contributed by atoms with Gasteiger partial charge in [-0.25, -0.2) is 8.42 Å². The highest BCUT2D eigenvalue weighted by atomic mass is 35.5. The van der Waals surface area contributed by atoms with Crippen molar-refractivity contribution in [3.05, 3.63) is 94.0 Å². The van der Waals surface area contributed by atoms with Crippen molar-refractivity contribution >= 4 is 50.7 Å². The minimum absolute atomic E-state index is 0.0316. The highest BCUT2D eigenvalue weighted by molar-refractivity contribution is 7.92. The molecule has 1 aliphatic carbocycles. The molecule has 1 N–H and O–H groups in total. The molecule has 1 atom stereocenters. The Bertz CT molecular complexity index is 1460. The molecule has 10 heteroatoms. The molecule has 7 nitrogen and oxygen atoms in total. The van der Waals surface area contributed by atoms with Crippen molar-refractivity contribution in [2.45, 2.75) is 63.1 Å². The lowest BCUT2D eigenvalue weighted by atomic mass is 10.1. The monoisotopic (exact) mass is 601 g/mol. The van der Waals surface area contributed by atoms with Crippen LogP contribution in [0.1, 0.15) is 43.7 Å². The molecule has 4 rings (SSSR count). The van der Waals surface area contributed by atoms with Gasteiger partial charge < -0.3 is 10.2 Å². The highest BCUT2D eigenvalue weighted by Gasteiger charge is 2.33. The second kappa shape index (κ2) is 13.1. The summed E-state index contributed by atoms with van der Waals surface area (Å²) in [7, 11) is -4.16. The largest absolute Gasteiger partial charge is 0.352 e. The summed E-state index contributed by atoms with van der Waals surface area (Å²) in [6.45, 7) is 2.95. The van der Waals surface area contributed by atoms with Crippen LogP contribution in [-0.4, -0.2) is 43.8 Å². The van der Waals surface area contributed by atoms with E-state index in [4.69, 9.17) is 23.2 Å². The summed E-state index contributed by atoms with van der Waals surface area (Å²) in [5, 5.41) is 3.87. The third-order valence-corrected chi connectivity index (χ3v) is 9.78. The number of nitrogens with zero attached hydrogens (tertiary/aromatic N) is 2. The number of carbonyl (C=O) groups excluding carboxylic acids is 2. The van der Waals surface area contributed by atoms with E-state index in [1.54, 1.807) is 61.5 Å². The van der Waals surface area contributed by atoms with Crippen LogP contribution in [0, 0.1) is 6.92 Å². The Morgan fingerprint density at radius 2 is 1.60 bits per heavy atom. The summed E-state index contributed by atoms with van der Waals surface area (Å²) in [6, 6.07) is 19.0. The fourth-order valence-corrected chi connectivity index (χ4v) is 6.57. The van der Waals surface area contributed by atoms with Gasteiger partial charge in [0, 0.05) is 22.6 Å². The van der Waals surface area contributed by atoms with Crippen LogP contribution >= 0.6 is 23.2 Å². The Labute approximate surface area is 246 Å². The predicted molar refractivity (Wildman–Crippen MR) is 159 cm³/mol. The highest BCUT2D eigenvalue weighted by Crippen LogP contribution is 2.29. The van der Waals surface area contributed by atoms with Crippen LogP contribution in [0.2, 0.25) is 10.0 Å². The molecule has 1 aliphatic rings. The Morgan fingerprint density at radius 3 is 2.25 bits per heavy atom. The number of hydrogen-bond donors (Lipinski definition) is 1. The Morgan fingerprint density at radius 1 is 0.950 bits per heavy atom. The molecule has 0 radical (unpaired) electrons. The summed E-state index contributed by atoms with van der Waals surface area (Å²) >= 11 is 12.8. The van der Waals surface area contributed by atoms with Crippen molar-refractivity contribution in [1.29, 1.82) is 0 Å². The van der Waals surface area contributed by atoms with E-state index in [0.717, 1.165) is 35.6 Å². The van der Waals surface area contributed by atoms with Gasteiger partial charge in [-0.2, -0.15) is 0 Å². The molecular weight excluding hydrogens is 569 g/mol. The molecule has 0 bridgehead atoms. The molecule has 212 valence electrons. The summed E-state index contributed by atoms with van der Waals surface area (Å²) in [5.41, 5.74) is 1.66. The zero-order valence-corrected chi connectivity index (χ0v) is 24.8. The van der Waals surface area contributed by atoms with Crippen LogP contribution in [0.3, 0.4) is 0 Å². The molecular formula is C30H33Cl2N3O4S. The van der Waals surface area contributed by atoms with E-state index in [-0.39, 0.29) is 29.1 Å². The molecule has 1 saturated carbocycles. The molecule has 40 heavy (non-hydrogen) atoms. The van der Waals surface area contributed by atoms with Gasteiger partial charge in [-0.3, -0.25) is 13.9 Å². The van der Waals surface area contributed by atoms with Crippen molar-refractivity contribution in [3.8, 4) is 0 Å². The lowest BCUT2D eigenvalue weighted by Gasteiger charge is -2.32. The van der Waals surface area contributed by atoms with Crippen LogP contribution < -0.4 is 9.62 Å². The second-order valence-electron chi connectivity index (χ2n) is 10.0. The van der Waals surface area contributed by atoms with E-state index >= 15 is 0 Å². The van der Waals surface area contributed by atoms with E-state index < -0.39 is 28.5 Å². The molecule has 1 fully saturated rings. The van der Waals surface area contributed by atoms with E-state index in [0.29, 0.717) is 15.6 Å². The summed E-state index contributed by atoms with van der Waals surface area (Å²) < 4.78 is 28.7. The van der Waals surface area contributed by atoms with Gasteiger partial charge in [0.15, 0.2) is 0 Å². The molecule has 2 amide bonds. The maximum absolute atomic E-state index is 14.0. The normalized spacial score (nSPS) is 14.5. The fourth-order valence-electron chi connectivity index (χ4n) is 4.77. The molecule has 0 saturated heterocycles. The number of benzene rings is 3. The smallest absolute Gasteiger partial charge is 0.264 e. The molecule has 0 heterocycles. The van der Waals surface area contributed by atoms with Gasteiger partial charge in [0.05, 0.1) is 10.6 Å². The minimum atomic E-state index is -4.16. The molecule has 0 aliphatic heterocycles. The fraction of sp³-hybridized carbons (Fsp3) is 0.333. The number of hydrogen-bond acceptors (Lipinski definition) is 4. The summed E-state index contributed by atoms with van der Waals surface area (Å²) in [6.07, 6.45) is 3.89. The third kappa shape index (κ3) is 6.97. The Balaban J connectivity index is 1.70. The van der Waals surface area contributed by atoms with E-state index in [1.165, 1.54) is 23.1 Å². The molecule has 3 aromatic rings. The topological polar surface area (TPSA) is 86.8 Å². The van der Waals surface area contributed by atoms with Crippen LogP contribution in [-0.2, 0) is 26.2 Å². The van der Waals surface area contributed by atoms with Crippen molar-refractivity contribution in [2.75, 3.05) is 10.8 Å². The predicted octanol–water partition coefficient (Wildman–Crippen LogP) is 5.97. The van der Waals surface area contributed by atoms with Gasteiger partial charge >= 0.3 is 0 Å². The second-order valence-corrected chi connectivity index (χ2v) is 12.7. The first-order valence-corrected chi connectivity index (χ1v) is 15.4. The first-order valence-electron chi connectivity index (χ1n) is 13.2. The van der Waals surface area contributed by atoms with Gasteiger partial charge in [0.2, 0.25) is 11.8 Å². The molecule has 0 unspecified atom stereocenters. The van der Waals surface area contributed by atoms with Crippen LogP contribution in [0.5, 0.6) is 0 Å². The van der Waals surface area contributed by atoms with E-state index in [1.807, 2.05) is 6.92 Å². The lowest BCUT2D eigenvalue weighted by molar-refractivity contribution is -0.139. The Kier molecular flexibility index (Phi) is 9.77. The van der Waals surface area contributed by atoms with Gasteiger partial charge in [0.25, 0.3) is 10.0 Å². The first kappa shape index (κ1) is 29.9. The number of sulfonamides is 1. The van der Waals surface area contributed by atoms with Crippen LogP contribution in [0.4, 0.5) is 5.69 Å². The lowest BCUT2D eigenvalue weighted by Crippen LogP contribution is -2.52. The van der Waals surface area contributed by atoms with Crippen LogP contribution in [0.25, 0.3) is 0 Å². The molecule has 0 spiro atoms. The van der Waals surface area contributed by atoms with Gasteiger partial charge in [-0.05, 0) is 68.1 Å². The SMILES string of the molecule is Cc1ccc(N(CC(=O)N(Cc2ccccc2Cl)[C@@H](C)C(=O)NC2CCCC2)S(=O)(=O)c2ccccc2)cc1Cl. The average molecular weight is 603 g/mol. The number of aryl methyl sites for hydroxylation is 1. The van der Waals surface area contributed by atoms with Crippen LogP contribution in [0.15, 0.2) is 77.7 Å². The average Bonchev–Trinajstić information content (AvgIpc) is 3.46. The number of nitrogens with one attached hydrogen (secondary N) is 1. The van der Waals surface area contributed by atoms with Gasteiger partial charge in [-0.1, -0.05) is 78.5 Å². The molecule has 0 aromatic heterocycles. The summed E-state index contributed by atoms with van der Waals surface area (Å²) in [5.74, 6) is -0.839. The van der Waals surface area contributed by atoms with E-state index in [2.05, 4.69) is 5.32 Å². The Hall–Kier alpha value is -3.07. The number of rotatable bonds is 10. The van der Waals surface area contributed by atoms with Crippen molar-refractivity contribution in [1.82, 2.24) is 10.2 Å². The maximum Gasteiger partial charge on any atom is 0.264 e. The quantitative estimate of drug-likeness (QED) is 0.310. The van der Waals surface area contributed by atoms with Crippen molar-refractivity contribution < 1.29 is 18.0 Å². The van der Waals surface area contributed by atoms with Crippen molar-refractivity contribution in [2.24, 2.45) is 0 Å². The summed E-state index contributed by atoms with van der Waals surface area (Å²) in [4.78, 5) is 28.7. The number of carbonyl (C=O) groups is 2.